The second kappa shape index (κ2) is 6.53. The Labute approximate surface area is 188 Å². The smallest absolute Gasteiger partial charge is 0.399 e. The predicted molar refractivity (Wildman–Crippen MR) is 121 cm³/mol. The van der Waals surface area contributed by atoms with Crippen LogP contribution in [0.3, 0.4) is 0 Å². The van der Waals surface area contributed by atoms with Gasteiger partial charge in [0.05, 0.1) is 33.5 Å². The van der Waals surface area contributed by atoms with Gasteiger partial charge in [0.25, 0.3) is 11.8 Å². The third-order valence-electron chi connectivity index (χ3n) is 7.54. The first-order valence-electron chi connectivity index (χ1n) is 11.0. The molecule has 7 heteroatoms. The fourth-order valence-corrected chi connectivity index (χ4v) is 5.21. The van der Waals surface area contributed by atoms with Gasteiger partial charge in [-0.05, 0) is 57.8 Å². The van der Waals surface area contributed by atoms with E-state index in [1.165, 1.54) is 4.90 Å². The third-order valence-corrected chi connectivity index (χ3v) is 7.54. The maximum atomic E-state index is 13.2. The zero-order valence-corrected chi connectivity index (χ0v) is 19.1. The molecule has 2 amide bonds. The predicted octanol–water partition coefficient (Wildman–Crippen LogP) is 3.02. The van der Waals surface area contributed by atoms with E-state index >= 15 is 0 Å². The van der Waals surface area contributed by atoms with Crippen LogP contribution in [0.25, 0.3) is 0 Å². The molecule has 0 atom stereocenters. The summed E-state index contributed by atoms with van der Waals surface area (Å²) in [5, 5.41) is 10.6. The molecule has 2 aliphatic heterocycles. The lowest BCUT2D eigenvalue weighted by atomic mass is 9.61. The van der Waals surface area contributed by atoms with Crippen molar-refractivity contribution in [2.75, 3.05) is 0 Å². The van der Waals surface area contributed by atoms with Gasteiger partial charge in [0.15, 0.2) is 0 Å². The molecule has 32 heavy (non-hydrogen) atoms. The Hall–Kier alpha value is -2.48. The second-order valence-corrected chi connectivity index (χ2v) is 10.6. The maximum Gasteiger partial charge on any atom is 0.494 e. The Bertz CT molecular complexity index is 1060. The Morgan fingerprint density at radius 3 is 1.72 bits per heavy atom. The van der Waals surface area contributed by atoms with Crippen molar-refractivity contribution in [3.8, 4) is 0 Å². The minimum atomic E-state index is -0.945. The van der Waals surface area contributed by atoms with Gasteiger partial charge in [-0.3, -0.25) is 14.5 Å². The van der Waals surface area contributed by atoms with Crippen molar-refractivity contribution in [2.45, 2.75) is 69.8 Å². The molecule has 0 radical (unpaired) electrons. The van der Waals surface area contributed by atoms with Crippen LogP contribution in [0.15, 0.2) is 48.5 Å². The number of hydrogen-bond acceptors (Lipinski definition) is 5. The van der Waals surface area contributed by atoms with E-state index in [0.717, 1.165) is 11.0 Å². The number of aliphatic hydroxyl groups is 1. The van der Waals surface area contributed by atoms with E-state index in [2.05, 4.69) is 0 Å². The molecule has 2 aromatic carbocycles. The molecule has 0 spiro atoms. The summed E-state index contributed by atoms with van der Waals surface area (Å²) in [6.07, 6.45) is 0.586. The standard InChI is InChI=1S/C25H28BNO5/c1-22(2)23(3,4)32-26(31-22)17-12-10-16(11-13-17)25(14-24(5,30)15-25)27-20(28)18-8-6-7-9-19(18)21(27)29/h6-13,30H,14-15H2,1-5H3. The molecule has 1 saturated heterocycles. The molecule has 3 aliphatic rings. The lowest BCUT2D eigenvalue weighted by Crippen LogP contribution is -2.63. The molecule has 0 aromatic heterocycles. The minimum Gasteiger partial charge on any atom is -0.399 e. The number of hydrogen-bond donors (Lipinski definition) is 1. The number of carbonyl (C=O) groups is 2. The maximum absolute atomic E-state index is 13.2. The van der Waals surface area contributed by atoms with E-state index in [-0.39, 0.29) is 11.8 Å². The molecule has 1 saturated carbocycles. The summed E-state index contributed by atoms with van der Waals surface area (Å²) in [5.74, 6) is -0.618. The molecule has 6 nitrogen and oxygen atoms in total. The Morgan fingerprint density at radius 2 is 1.28 bits per heavy atom. The highest BCUT2D eigenvalue weighted by Gasteiger charge is 2.61. The van der Waals surface area contributed by atoms with Crippen LogP contribution in [0, 0.1) is 0 Å². The first-order valence-corrected chi connectivity index (χ1v) is 11.0. The van der Waals surface area contributed by atoms with E-state index < -0.39 is 29.5 Å². The monoisotopic (exact) mass is 433 g/mol. The molecule has 1 N–H and O–H groups in total. The fraction of sp³-hybridized carbons (Fsp3) is 0.440. The Morgan fingerprint density at radius 1 is 0.812 bits per heavy atom. The van der Waals surface area contributed by atoms with Gasteiger partial charge in [0, 0.05) is 12.8 Å². The molecule has 0 bridgehead atoms. The van der Waals surface area contributed by atoms with Crippen LogP contribution in [0.1, 0.15) is 73.7 Å². The molecule has 0 unspecified atom stereocenters. The largest absolute Gasteiger partial charge is 0.494 e. The summed E-state index contributed by atoms with van der Waals surface area (Å²) in [5.41, 5.74) is -0.191. The number of rotatable bonds is 3. The zero-order valence-electron chi connectivity index (χ0n) is 19.1. The van der Waals surface area contributed by atoms with Crippen LogP contribution in [-0.4, -0.2) is 45.7 Å². The van der Waals surface area contributed by atoms with Crippen LogP contribution in [0.5, 0.6) is 0 Å². The number of nitrogens with zero attached hydrogens (tertiary/aromatic N) is 1. The van der Waals surface area contributed by atoms with Crippen molar-refractivity contribution in [1.82, 2.24) is 4.90 Å². The number of benzene rings is 2. The second-order valence-electron chi connectivity index (χ2n) is 10.6. The van der Waals surface area contributed by atoms with E-state index in [4.69, 9.17) is 9.31 Å². The summed E-state index contributed by atoms with van der Waals surface area (Å²) in [7, 11) is -0.492. The van der Waals surface area contributed by atoms with Gasteiger partial charge in [-0.2, -0.15) is 0 Å². The number of imide groups is 1. The van der Waals surface area contributed by atoms with Crippen molar-refractivity contribution in [2.24, 2.45) is 0 Å². The van der Waals surface area contributed by atoms with Crippen LogP contribution in [0.2, 0.25) is 0 Å². The van der Waals surface area contributed by atoms with Crippen molar-refractivity contribution in [3.05, 3.63) is 65.2 Å². The van der Waals surface area contributed by atoms with Crippen molar-refractivity contribution in [1.29, 1.82) is 0 Å². The van der Waals surface area contributed by atoms with Gasteiger partial charge in [0.2, 0.25) is 0 Å². The normalized spacial score (nSPS) is 30.4. The quantitative estimate of drug-likeness (QED) is 0.595. The van der Waals surface area contributed by atoms with Crippen LogP contribution in [0.4, 0.5) is 0 Å². The summed E-state index contributed by atoms with van der Waals surface area (Å²) in [6.45, 7) is 9.77. The number of carbonyl (C=O) groups excluding carboxylic acids is 2. The first kappa shape index (κ1) is 21.4. The highest BCUT2D eigenvalue weighted by atomic mass is 16.7. The number of fused-ring (bicyclic) bond motifs is 1. The zero-order chi connectivity index (χ0) is 23.1. The number of amides is 2. The Balaban J connectivity index is 1.49. The van der Waals surface area contributed by atoms with E-state index in [1.807, 2.05) is 52.0 Å². The van der Waals surface area contributed by atoms with E-state index in [9.17, 15) is 14.7 Å². The van der Waals surface area contributed by atoms with Gasteiger partial charge in [-0.25, -0.2) is 0 Å². The average Bonchev–Trinajstić information content (AvgIpc) is 3.09. The van der Waals surface area contributed by atoms with Gasteiger partial charge in [-0.1, -0.05) is 36.4 Å². The highest BCUT2D eigenvalue weighted by Crippen LogP contribution is 2.54. The SMILES string of the molecule is CC1(O)CC(c2ccc(B3OC(C)(C)C(C)(C)O3)cc2)(N2C(=O)c3ccccc3C2=O)C1. The van der Waals surface area contributed by atoms with Gasteiger partial charge in [-0.15, -0.1) is 0 Å². The molecule has 166 valence electrons. The lowest BCUT2D eigenvalue weighted by Gasteiger charge is -2.55. The lowest BCUT2D eigenvalue weighted by molar-refractivity contribution is -0.118. The van der Waals surface area contributed by atoms with E-state index in [1.54, 1.807) is 31.2 Å². The topological polar surface area (TPSA) is 76.1 Å². The molecular formula is C25H28BNO5. The molecule has 1 aliphatic carbocycles. The molecule has 2 aromatic rings. The molecule has 2 fully saturated rings. The minimum absolute atomic E-state index is 0.293. The molecule has 5 rings (SSSR count). The average molecular weight is 433 g/mol. The van der Waals surface area contributed by atoms with Gasteiger partial charge < -0.3 is 14.4 Å². The van der Waals surface area contributed by atoms with E-state index in [0.29, 0.717) is 24.0 Å². The first-order chi connectivity index (χ1) is 14.9. The van der Waals surface area contributed by atoms with Gasteiger partial charge in [0.1, 0.15) is 0 Å². The van der Waals surface area contributed by atoms with Gasteiger partial charge >= 0.3 is 7.12 Å². The summed E-state index contributed by atoms with van der Waals surface area (Å²) < 4.78 is 12.3. The molecular weight excluding hydrogens is 405 g/mol. The summed E-state index contributed by atoms with van der Waals surface area (Å²) in [4.78, 5) is 27.8. The van der Waals surface area contributed by atoms with Crippen molar-refractivity contribution >= 4 is 24.4 Å². The van der Waals surface area contributed by atoms with Crippen LogP contribution < -0.4 is 5.46 Å². The molecule has 2 heterocycles. The third kappa shape index (κ3) is 2.91. The fourth-order valence-electron chi connectivity index (χ4n) is 5.21. The van der Waals surface area contributed by atoms with Crippen LogP contribution >= 0.6 is 0 Å². The van der Waals surface area contributed by atoms with Crippen molar-refractivity contribution in [3.63, 3.8) is 0 Å². The Kier molecular flexibility index (Phi) is 4.36. The highest BCUT2D eigenvalue weighted by molar-refractivity contribution is 6.62. The summed E-state index contributed by atoms with van der Waals surface area (Å²) >= 11 is 0. The van der Waals surface area contributed by atoms with Crippen LogP contribution in [-0.2, 0) is 14.8 Å². The summed E-state index contributed by atoms with van der Waals surface area (Å²) in [6, 6.07) is 14.6. The van der Waals surface area contributed by atoms with Crippen molar-refractivity contribution < 1.29 is 24.0 Å².